The lowest BCUT2D eigenvalue weighted by Crippen LogP contribution is -2.09. The van der Waals surface area contributed by atoms with Crippen LogP contribution in [0.15, 0.2) is 47.4 Å². The molecule has 0 spiro atoms. The molecular formula is C18H20F3NO2S. The average Bonchev–Trinajstić information content (AvgIpc) is 2.60. The molecule has 0 amide bonds. The number of hydrogen-bond donors (Lipinski definition) is 2. The van der Waals surface area contributed by atoms with Crippen LogP contribution in [-0.2, 0) is 17.6 Å². The van der Waals surface area contributed by atoms with Crippen molar-refractivity contribution in [3.8, 4) is 5.75 Å². The number of para-hydroxylation sites is 1. The normalized spacial score (nSPS) is 10.5. The van der Waals surface area contributed by atoms with Crippen molar-refractivity contribution >= 4 is 24.6 Å². The van der Waals surface area contributed by atoms with Crippen molar-refractivity contribution < 1.29 is 22.7 Å². The Hall–Kier alpha value is -2.15. The summed E-state index contributed by atoms with van der Waals surface area (Å²) in [5.41, 5.74) is 0.775. The van der Waals surface area contributed by atoms with Gasteiger partial charge in [0.25, 0.3) is 0 Å². The van der Waals surface area contributed by atoms with Crippen LogP contribution < -0.4 is 10.1 Å². The topological polar surface area (TPSA) is 38.3 Å². The molecular weight excluding hydrogens is 351 g/mol. The number of aldehydes is 1. The Kier molecular flexibility index (Phi) is 8.34. The van der Waals surface area contributed by atoms with Gasteiger partial charge in [-0.05, 0) is 24.3 Å². The van der Waals surface area contributed by atoms with E-state index in [0.29, 0.717) is 6.42 Å². The van der Waals surface area contributed by atoms with Crippen LogP contribution in [0.2, 0.25) is 0 Å². The predicted octanol–water partition coefficient (Wildman–Crippen LogP) is 5.21. The maximum absolute atomic E-state index is 13.0. The van der Waals surface area contributed by atoms with E-state index in [1.54, 1.807) is 19.2 Å². The number of alkyl halides is 3. The van der Waals surface area contributed by atoms with Crippen LogP contribution >= 0.6 is 12.6 Å². The number of halogens is 3. The second-order valence-corrected chi connectivity index (χ2v) is 5.47. The molecule has 0 aliphatic rings. The molecule has 0 saturated heterocycles. The lowest BCUT2D eigenvalue weighted by Gasteiger charge is -2.15. The molecule has 3 nitrogen and oxygen atoms in total. The molecule has 1 N–H and O–H groups in total. The smallest absolute Gasteiger partial charge is 0.420 e. The monoisotopic (exact) mass is 371 g/mol. The number of carbonyl (C=O) groups is 1. The van der Waals surface area contributed by atoms with Gasteiger partial charge in [0.1, 0.15) is 18.6 Å². The second-order valence-electron chi connectivity index (χ2n) is 4.95. The Labute approximate surface area is 150 Å². The molecule has 0 saturated carbocycles. The summed E-state index contributed by atoms with van der Waals surface area (Å²) in [6.45, 7) is 1.86. The Bertz CT molecular complexity index is 690. The molecule has 2 aromatic carbocycles. The van der Waals surface area contributed by atoms with E-state index in [-0.39, 0.29) is 17.3 Å². The largest absolute Gasteiger partial charge is 0.488 e. The summed E-state index contributed by atoms with van der Waals surface area (Å²) in [7, 11) is 1.75. The molecule has 0 fully saturated rings. The van der Waals surface area contributed by atoms with Gasteiger partial charge in [-0.1, -0.05) is 25.1 Å². The van der Waals surface area contributed by atoms with Gasteiger partial charge in [0, 0.05) is 29.6 Å². The molecule has 0 aliphatic carbocycles. The number of hydrogen-bond acceptors (Lipinski definition) is 4. The zero-order valence-electron chi connectivity index (χ0n) is 13.9. The molecule has 0 radical (unpaired) electrons. The highest BCUT2D eigenvalue weighted by atomic mass is 32.1. The molecule has 2 aromatic rings. The van der Waals surface area contributed by atoms with Crippen LogP contribution in [0.3, 0.4) is 0 Å². The molecule has 0 bridgehead atoms. The quantitative estimate of drug-likeness (QED) is 0.560. The van der Waals surface area contributed by atoms with Crippen LogP contribution in [0.5, 0.6) is 5.75 Å². The molecule has 2 rings (SSSR count). The molecule has 0 heterocycles. The fourth-order valence-electron chi connectivity index (χ4n) is 1.91. The third-order valence-corrected chi connectivity index (χ3v) is 3.38. The maximum Gasteiger partial charge on any atom is 0.420 e. The lowest BCUT2D eigenvalue weighted by atomic mass is 10.1. The number of ether oxygens (including phenoxy) is 1. The summed E-state index contributed by atoms with van der Waals surface area (Å²) in [4.78, 5) is 9.41. The summed E-state index contributed by atoms with van der Waals surface area (Å²) < 4.78 is 44.3. The first-order valence-electron chi connectivity index (χ1n) is 7.55. The van der Waals surface area contributed by atoms with E-state index in [4.69, 9.17) is 4.74 Å². The van der Waals surface area contributed by atoms with E-state index in [1.807, 2.05) is 19.1 Å². The van der Waals surface area contributed by atoms with Crippen LogP contribution in [0.1, 0.15) is 24.5 Å². The highest BCUT2D eigenvalue weighted by molar-refractivity contribution is 7.80. The van der Waals surface area contributed by atoms with Crippen LogP contribution in [0.25, 0.3) is 0 Å². The Morgan fingerprint density at radius 2 is 1.84 bits per heavy atom. The number of thiol groups is 1. The molecule has 0 aromatic heterocycles. The van der Waals surface area contributed by atoms with Crippen LogP contribution in [0.4, 0.5) is 18.9 Å². The third kappa shape index (κ3) is 6.70. The van der Waals surface area contributed by atoms with Crippen molar-refractivity contribution in [2.75, 3.05) is 12.4 Å². The third-order valence-electron chi connectivity index (χ3n) is 3.11. The summed E-state index contributed by atoms with van der Waals surface area (Å²) in [5.74, 6) is -0.203. The second kappa shape index (κ2) is 9.98. The van der Waals surface area contributed by atoms with Gasteiger partial charge < -0.3 is 14.8 Å². The van der Waals surface area contributed by atoms with E-state index in [0.717, 1.165) is 23.6 Å². The van der Waals surface area contributed by atoms with Crippen molar-refractivity contribution in [2.45, 2.75) is 31.0 Å². The average molecular weight is 371 g/mol. The van der Waals surface area contributed by atoms with Gasteiger partial charge in [-0.3, -0.25) is 0 Å². The summed E-state index contributed by atoms with van der Waals surface area (Å²) in [6, 6.07) is 11.0. The van der Waals surface area contributed by atoms with E-state index in [1.165, 1.54) is 12.1 Å². The van der Waals surface area contributed by atoms with Crippen molar-refractivity contribution in [3.05, 3.63) is 53.6 Å². The number of nitrogens with one attached hydrogen (secondary N) is 1. The van der Waals surface area contributed by atoms with Crippen molar-refractivity contribution in [1.82, 2.24) is 0 Å². The zero-order valence-corrected chi connectivity index (χ0v) is 14.8. The van der Waals surface area contributed by atoms with E-state index in [9.17, 15) is 18.0 Å². The SMILES string of the molecule is CCC=O.CNc1ccccc1COc1ccc(S)cc1C(F)(F)F. The first kappa shape index (κ1) is 20.9. The van der Waals surface area contributed by atoms with Gasteiger partial charge in [0.15, 0.2) is 0 Å². The van der Waals surface area contributed by atoms with E-state index in [2.05, 4.69) is 17.9 Å². The number of carbonyl (C=O) groups excluding carboxylic acids is 1. The van der Waals surface area contributed by atoms with E-state index < -0.39 is 11.7 Å². The fraction of sp³-hybridized carbons (Fsp3) is 0.278. The molecule has 25 heavy (non-hydrogen) atoms. The van der Waals surface area contributed by atoms with E-state index >= 15 is 0 Å². The predicted molar refractivity (Wildman–Crippen MR) is 95.4 cm³/mol. The number of rotatable bonds is 5. The number of anilines is 1. The molecule has 0 atom stereocenters. The van der Waals surface area contributed by atoms with Crippen molar-refractivity contribution in [3.63, 3.8) is 0 Å². The van der Waals surface area contributed by atoms with Gasteiger partial charge in [0.2, 0.25) is 0 Å². The Morgan fingerprint density at radius 1 is 1.20 bits per heavy atom. The lowest BCUT2D eigenvalue weighted by molar-refractivity contribution is -0.139. The van der Waals surface area contributed by atoms with Gasteiger partial charge in [0.05, 0.1) is 5.56 Å². The van der Waals surface area contributed by atoms with Gasteiger partial charge in [-0.25, -0.2) is 0 Å². The highest BCUT2D eigenvalue weighted by Gasteiger charge is 2.34. The minimum atomic E-state index is -4.48. The molecule has 136 valence electrons. The maximum atomic E-state index is 13.0. The number of benzene rings is 2. The van der Waals surface area contributed by atoms with Crippen LogP contribution in [0, 0.1) is 0 Å². The Balaban J connectivity index is 0.000000705. The van der Waals surface area contributed by atoms with Crippen molar-refractivity contribution in [1.29, 1.82) is 0 Å². The highest BCUT2D eigenvalue weighted by Crippen LogP contribution is 2.37. The van der Waals surface area contributed by atoms with Crippen LogP contribution in [-0.4, -0.2) is 13.3 Å². The molecule has 0 aliphatic heterocycles. The van der Waals surface area contributed by atoms with Gasteiger partial charge in [-0.15, -0.1) is 12.6 Å². The summed E-state index contributed by atoms with van der Waals surface area (Å²) in [5, 5.41) is 2.97. The standard InChI is InChI=1S/C15H14F3NOS.C3H6O/c1-19-13-5-3-2-4-10(13)9-20-14-7-6-11(21)8-12(14)15(16,17)18;1-2-3-4/h2-8,19,21H,9H2,1H3;3H,2H2,1H3. The summed E-state index contributed by atoms with van der Waals surface area (Å²) in [6.07, 6.45) is -2.96. The zero-order chi connectivity index (χ0) is 18.9. The van der Waals surface area contributed by atoms with Gasteiger partial charge >= 0.3 is 6.18 Å². The van der Waals surface area contributed by atoms with Gasteiger partial charge in [-0.2, -0.15) is 13.2 Å². The van der Waals surface area contributed by atoms with Crippen molar-refractivity contribution in [2.24, 2.45) is 0 Å². The summed E-state index contributed by atoms with van der Waals surface area (Å²) >= 11 is 3.94. The molecule has 7 heteroatoms. The first-order chi connectivity index (χ1) is 11.8. The Morgan fingerprint density at radius 3 is 2.40 bits per heavy atom. The molecule has 0 unspecified atom stereocenters. The minimum Gasteiger partial charge on any atom is -0.488 e. The first-order valence-corrected chi connectivity index (χ1v) is 8.00. The fourth-order valence-corrected chi connectivity index (χ4v) is 2.11. The minimum absolute atomic E-state index is 0.0476.